The summed E-state index contributed by atoms with van der Waals surface area (Å²) < 4.78 is 6.10. The summed E-state index contributed by atoms with van der Waals surface area (Å²) in [7, 11) is 0. The zero-order valence-electron chi connectivity index (χ0n) is 13.2. The van der Waals surface area contributed by atoms with Crippen molar-refractivity contribution in [3.8, 4) is 0 Å². The molecule has 2 N–H and O–H groups in total. The minimum Gasteiger partial charge on any atom is -0.373 e. The van der Waals surface area contributed by atoms with E-state index in [4.69, 9.17) is 10.5 Å². The van der Waals surface area contributed by atoms with E-state index in [1.54, 1.807) is 0 Å². The van der Waals surface area contributed by atoms with E-state index in [2.05, 4.69) is 45.0 Å². The molecule has 2 heteroatoms. The molecular formula is C18H29NO. The van der Waals surface area contributed by atoms with Crippen LogP contribution >= 0.6 is 0 Å². The molecule has 1 atom stereocenters. The van der Waals surface area contributed by atoms with Gasteiger partial charge in [-0.3, -0.25) is 0 Å². The first kappa shape index (κ1) is 15.5. The Balaban J connectivity index is 2.20. The van der Waals surface area contributed by atoms with Crippen LogP contribution in [0.4, 0.5) is 0 Å². The lowest BCUT2D eigenvalue weighted by atomic mass is 9.86. The molecule has 1 fully saturated rings. The third-order valence-electron chi connectivity index (χ3n) is 4.40. The van der Waals surface area contributed by atoms with Crippen molar-refractivity contribution in [2.24, 2.45) is 11.7 Å². The van der Waals surface area contributed by atoms with Crippen LogP contribution in [0.1, 0.15) is 63.6 Å². The van der Waals surface area contributed by atoms with Crippen molar-refractivity contribution in [2.45, 2.75) is 64.5 Å². The van der Waals surface area contributed by atoms with Gasteiger partial charge in [0.15, 0.2) is 0 Å². The van der Waals surface area contributed by atoms with Crippen molar-refractivity contribution in [3.05, 3.63) is 35.4 Å². The van der Waals surface area contributed by atoms with E-state index in [1.807, 2.05) is 0 Å². The molecule has 0 radical (unpaired) electrons. The Kier molecular flexibility index (Phi) is 5.22. The normalized spacial score (nSPS) is 19.4. The predicted molar refractivity (Wildman–Crippen MR) is 84.7 cm³/mol. The molecule has 2 rings (SSSR count). The lowest BCUT2D eigenvalue weighted by molar-refractivity contribution is -0.0536. The van der Waals surface area contributed by atoms with E-state index in [-0.39, 0.29) is 11.6 Å². The van der Waals surface area contributed by atoms with Crippen LogP contribution in [0.5, 0.6) is 0 Å². The highest BCUT2D eigenvalue weighted by molar-refractivity contribution is 5.28. The van der Waals surface area contributed by atoms with Crippen LogP contribution in [0.25, 0.3) is 0 Å². The first-order valence-electron chi connectivity index (χ1n) is 8.06. The van der Waals surface area contributed by atoms with Crippen molar-refractivity contribution in [1.82, 2.24) is 0 Å². The predicted octanol–water partition coefficient (Wildman–Crippen LogP) is 4.23. The Morgan fingerprint density at radius 1 is 1.25 bits per heavy atom. The average Bonchev–Trinajstić information content (AvgIpc) is 2.87. The largest absolute Gasteiger partial charge is 0.373 e. The van der Waals surface area contributed by atoms with Gasteiger partial charge in [-0.15, -0.1) is 0 Å². The molecule has 0 aliphatic heterocycles. The van der Waals surface area contributed by atoms with E-state index < -0.39 is 0 Å². The van der Waals surface area contributed by atoms with Gasteiger partial charge < -0.3 is 10.5 Å². The molecular weight excluding hydrogens is 246 g/mol. The third kappa shape index (κ3) is 3.42. The van der Waals surface area contributed by atoms with Gasteiger partial charge >= 0.3 is 0 Å². The summed E-state index contributed by atoms with van der Waals surface area (Å²) in [5, 5.41) is 0. The molecule has 0 aromatic heterocycles. The van der Waals surface area contributed by atoms with Gasteiger partial charge in [0.2, 0.25) is 0 Å². The van der Waals surface area contributed by atoms with Crippen LogP contribution in [0.15, 0.2) is 24.3 Å². The summed E-state index contributed by atoms with van der Waals surface area (Å²) in [5.74, 6) is 0.675. The van der Waals surface area contributed by atoms with Gasteiger partial charge in [0.25, 0.3) is 0 Å². The Morgan fingerprint density at radius 3 is 2.55 bits per heavy atom. The molecule has 0 saturated heterocycles. The minimum atomic E-state index is -0.134. The van der Waals surface area contributed by atoms with E-state index in [0.29, 0.717) is 5.92 Å². The van der Waals surface area contributed by atoms with Crippen molar-refractivity contribution in [3.63, 3.8) is 0 Å². The molecule has 0 heterocycles. The quantitative estimate of drug-likeness (QED) is 0.843. The standard InChI is InChI=1S/C18H29NO/c1-4-20-18(10-5-6-11-18)17(19)16-9-7-8-15(13-16)12-14(2)3/h7-9,13-14,17H,4-6,10-12,19H2,1-3H3. The summed E-state index contributed by atoms with van der Waals surface area (Å²) in [4.78, 5) is 0. The van der Waals surface area contributed by atoms with Crippen LogP contribution in [0, 0.1) is 5.92 Å². The van der Waals surface area contributed by atoms with Crippen LogP contribution in [-0.4, -0.2) is 12.2 Å². The monoisotopic (exact) mass is 275 g/mol. The van der Waals surface area contributed by atoms with Gasteiger partial charge in [-0.2, -0.15) is 0 Å². The summed E-state index contributed by atoms with van der Waals surface area (Å²) >= 11 is 0. The molecule has 0 spiro atoms. The summed E-state index contributed by atoms with van der Waals surface area (Å²) in [6, 6.07) is 8.79. The van der Waals surface area contributed by atoms with Gasteiger partial charge in [-0.1, -0.05) is 51.0 Å². The molecule has 0 amide bonds. The molecule has 1 aliphatic rings. The molecule has 112 valence electrons. The summed E-state index contributed by atoms with van der Waals surface area (Å²) in [6.07, 6.45) is 5.77. The Morgan fingerprint density at radius 2 is 1.95 bits per heavy atom. The molecule has 1 aliphatic carbocycles. The van der Waals surface area contributed by atoms with Gasteiger partial charge in [-0.05, 0) is 43.2 Å². The molecule has 1 unspecified atom stereocenters. The maximum Gasteiger partial charge on any atom is 0.0874 e. The SMILES string of the molecule is CCOC1(C(N)c2cccc(CC(C)C)c2)CCCC1. The van der Waals surface area contributed by atoms with Crippen molar-refractivity contribution < 1.29 is 4.74 Å². The summed E-state index contributed by atoms with van der Waals surface area (Å²) in [6.45, 7) is 7.33. The van der Waals surface area contributed by atoms with Crippen LogP contribution in [0.3, 0.4) is 0 Å². The Bertz CT molecular complexity index is 421. The second kappa shape index (κ2) is 6.73. The number of hydrogen-bond donors (Lipinski definition) is 1. The van der Waals surface area contributed by atoms with Gasteiger partial charge in [0.05, 0.1) is 11.6 Å². The van der Waals surface area contributed by atoms with Gasteiger partial charge in [-0.25, -0.2) is 0 Å². The fourth-order valence-electron chi connectivity index (χ4n) is 3.49. The number of benzene rings is 1. The van der Waals surface area contributed by atoms with Crippen LogP contribution in [-0.2, 0) is 11.2 Å². The first-order chi connectivity index (χ1) is 9.57. The zero-order chi connectivity index (χ0) is 14.6. The van der Waals surface area contributed by atoms with E-state index in [1.165, 1.54) is 24.0 Å². The van der Waals surface area contributed by atoms with Crippen molar-refractivity contribution in [1.29, 1.82) is 0 Å². The minimum absolute atomic E-state index is 0.00272. The first-order valence-corrected chi connectivity index (χ1v) is 8.06. The Hall–Kier alpha value is -0.860. The van der Waals surface area contributed by atoms with Crippen molar-refractivity contribution >= 4 is 0 Å². The molecule has 0 bridgehead atoms. The lowest BCUT2D eigenvalue weighted by Crippen LogP contribution is -2.41. The molecule has 1 aromatic rings. The second-order valence-corrected chi connectivity index (χ2v) is 6.53. The van der Waals surface area contributed by atoms with Crippen LogP contribution < -0.4 is 5.73 Å². The summed E-state index contributed by atoms with van der Waals surface area (Å²) in [5.41, 5.74) is 9.08. The number of hydrogen-bond acceptors (Lipinski definition) is 2. The van der Waals surface area contributed by atoms with Crippen LogP contribution in [0.2, 0.25) is 0 Å². The number of rotatable bonds is 6. The average molecular weight is 275 g/mol. The van der Waals surface area contributed by atoms with Gasteiger partial charge in [0.1, 0.15) is 0 Å². The maximum absolute atomic E-state index is 6.60. The van der Waals surface area contributed by atoms with E-state index >= 15 is 0 Å². The molecule has 2 nitrogen and oxygen atoms in total. The Labute approximate surface area is 123 Å². The van der Waals surface area contributed by atoms with Gasteiger partial charge in [0, 0.05) is 6.61 Å². The molecule has 1 saturated carbocycles. The topological polar surface area (TPSA) is 35.2 Å². The number of ether oxygens (including phenoxy) is 1. The smallest absolute Gasteiger partial charge is 0.0874 e. The van der Waals surface area contributed by atoms with E-state index in [0.717, 1.165) is 25.9 Å². The molecule has 1 aromatic carbocycles. The van der Waals surface area contributed by atoms with Crippen molar-refractivity contribution in [2.75, 3.05) is 6.61 Å². The maximum atomic E-state index is 6.60. The highest BCUT2D eigenvalue weighted by Crippen LogP contribution is 2.41. The second-order valence-electron chi connectivity index (χ2n) is 6.53. The fourth-order valence-corrected chi connectivity index (χ4v) is 3.49. The third-order valence-corrected chi connectivity index (χ3v) is 4.40. The lowest BCUT2D eigenvalue weighted by Gasteiger charge is -2.35. The number of nitrogens with two attached hydrogens (primary N) is 1. The molecule has 20 heavy (non-hydrogen) atoms. The highest BCUT2D eigenvalue weighted by atomic mass is 16.5. The zero-order valence-corrected chi connectivity index (χ0v) is 13.2. The fraction of sp³-hybridized carbons (Fsp3) is 0.667. The highest BCUT2D eigenvalue weighted by Gasteiger charge is 2.41. The van der Waals surface area contributed by atoms with E-state index in [9.17, 15) is 0 Å².